The summed E-state index contributed by atoms with van der Waals surface area (Å²) in [5.41, 5.74) is 0. The zero-order chi connectivity index (χ0) is 16.6. The van der Waals surface area contributed by atoms with E-state index in [-0.39, 0.29) is 18.0 Å². The van der Waals surface area contributed by atoms with Gasteiger partial charge in [-0.2, -0.15) is 0 Å². The Morgan fingerprint density at radius 1 is 1.05 bits per heavy atom. The van der Waals surface area contributed by atoms with E-state index in [1.807, 2.05) is 13.8 Å². The number of carboxylic acids is 1. The molecular formula is C16H32N2O3. The summed E-state index contributed by atoms with van der Waals surface area (Å²) in [4.78, 5) is 25.6. The summed E-state index contributed by atoms with van der Waals surface area (Å²) < 4.78 is 0. The normalized spacial score (nSPS) is 12.8. The van der Waals surface area contributed by atoms with Gasteiger partial charge in [-0.3, -0.25) is 0 Å². The molecule has 0 fully saturated rings. The summed E-state index contributed by atoms with van der Waals surface area (Å²) in [7, 11) is 0. The predicted molar refractivity (Wildman–Crippen MR) is 85.3 cm³/mol. The lowest BCUT2D eigenvalue weighted by Gasteiger charge is -2.33. The van der Waals surface area contributed by atoms with Crippen molar-refractivity contribution in [3.05, 3.63) is 0 Å². The van der Waals surface area contributed by atoms with Crippen molar-refractivity contribution in [1.29, 1.82) is 0 Å². The first-order valence-corrected chi connectivity index (χ1v) is 8.02. The standard InChI is InChI=1S/C16H32N2O3/c1-7-13(8-2)18(10-12(5)6)16(21)17-14(15(19)20)9-11(3)4/h11-14H,7-10H2,1-6H3,(H,17,21)(H,19,20)/t14-/m0/s1. The topological polar surface area (TPSA) is 69.6 Å². The summed E-state index contributed by atoms with van der Waals surface area (Å²) >= 11 is 0. The van der Waals surface area contributed by atoms with Crippen molar-refractivity contribution in [1.82, 2.24) is 10.2 Å². The average Bonchev–Trinajstić information content (AvgIpc) is 2.36. The number of carbonyl (C=O) groups is 2. The van der Waals surface area contributed by atoms with Crippen LogP contribution in [-0.4, -0.2) is 40.6 Å². The Labute approximate surface area is 129 Å². The van der Waals surface area contributed by atoms with Crippen LogP contribution in [-0.2, 0) is 4.79 Å². The summed E-state index contributed by atoms with van der Waals surface area (Å²) in [6.45, 7) is 12.8. The van der Waals surface area contributed by atoms with Gasteiger partial charge in [-0.1, -0.05) is 41.5 Å². The maximum absolute atomic E-state index is 12.5. The van der Waals surface area contributed by atoms with Crippen LogP contribution in [0, 0.1) is 11.8 Å². The number of carbonyl (C=O) groups excluding carboxylic acids is 1. The molecule has 0 heterocycles. The first kappa shape index (κ1) is 19.7. The number of hydrogen-bond donors (Lipinski definition) is 2. The molecule has 0 aliphatic heterocycles. The first-order chi connectivity index (χ1) is 9.72. The maximum atomic E-state index is 12.5. The Kier molecular flexibility index (Phi) is 9.06. The zero-order valence-electron chi connectivity index (χ0n) is 14.3. The minimum atomic E-state index is -0.967. The predicted octanol–water partition coefficient (Wildman–Crippen LogP) is 3.34. The van der Waals surface area contributed by atoms with E-state index in [9.17, 15) is 14.7 Å². The van der Waals surface area contributed by atoms with E-state index in [0.717, 1.165) is 12.8 Å². The highest BCUT2D eigenvalue weighted by Gasteiger charge is 2.27. The molecule has 0 aromatic rings. The van der Waals surface area contributed by atoms with E-state index in [2.05, 4.69) is 33.0 Å². The highest BCUT2D eigenvalue weighted by atomic mass is 16.4. The van der Waals surface area contributed by atoms with Gasteiger partial charge < -0.3 is 15.3 Å². The molecule has 0 spiro atoms. The highest BCUT2D eigenvalue weighted by Crippen LogP contribution is 2.13. The van der Waals surface area contributed by atoms with Gasteiger partial charge in [0, 0.05) is 12.6 Å². The minimum Gasteiger partial charge on any atom is -0.480 e. The molecular weight excluding hydrogens is 268 g/mol. The van der Waals surface area contributed by atoms with Gasteiger partial charge in [0.05, 0.1) is 0 Å². The van der Waals surface area contributed by atoms with E-state index in [1.54, 1.807) is 4.90 Å². The van der Waals surface area contributed by atoms with Crippen LogP contribution in [0.5, 0.6) is 0 Å². The number of nitrogens with one attached hydrogen (secondary N) is 1. The smallest absolute Gasteiger partial charge is 0.326 e. The third kappa shape index (κ3) is 7.34. The largest absolute Gasteiger partial charge is 0.480 e. The SMILES string of the molecule is CCC(CC)N(CC(C)C)C(=O)N[C@@H](CC(C)C)C(=O)O. The van der Waals surface area contributed by atoms with Crippen molar-refractivity contribution in [2.45, 2.75) is 72.9 Å². The van der Waals surface area contributed by atoms with Crippen molar-refractivity contribution in [3.63, 3.8) is 0 Å². The molecule has 2 amide bonds. The van der Waals surface area contributed by atoms with E-state index in [0.29, 0.717) is 18.9 Å². The summed E-state index contributed by atoms with van der Waals surface area (Å²) in [5.74, 6) is -0.395. The molecule has 0 radical (unpaired) electrons. The van der Waals surface area contributed by atoms with Gasteiger partial charge in [-0.15, -0.1) is 0 Å². The lowest BCUT2D eigenvalue weighted by atomic mass is 10.0. The van der Waals surface area contributed by atoms with Gasteiger partial charge >= 0.3 is 12.0 Å². The second-order valence-electron chi connectivity index (χ2n) is 6.49. The number of nitrogens with zero attached hydrogens (tertiary/aromatic N) is 1. The molecule has 0 saturated heterocycles. The Balaban J connectivity index is 4.96. The Morgan fingerprint density at radius 2 is 1.57 bits per heavy atom. The molecule has 0 rings (SSSR count). The van der Waals surface area contributed by atoms with Gasteiger partial charge in [0.25, 0.3) is 0 Å². The van der Waals surface area contributed by atoms with Gasteiger partial charge in [0.15, 0.2) is 0 Å². The molecule has 5 nitrogen and oxygen atoms in total. The molecule has 21 heavy (non-hydrogen) atoms. The molecule has 2 N–H and O–H groups in total. The molecule has 0 aliphatic rings. The van der Waals surface area contributed by atoms with E-state index in [4.69, 9.17) is 0 Å². The van der Waals surface area contributed by atoms with Gasteiger partial charge in [-0.05, 0) is 31.1 Å². The molecule has 0 unspecified atom stereocenters. The molecule has 5 heteroatoms. The molecule has 124 valence electrons. The maximum Gasteiger partial charge on any atom is 0.326 e. The van der Waals surface area contributed by atoms with E-state index < -0.39 is 12.0 Å². The molecule has 0 aliphatic carbocycles. The van der Waals surface area contributed by atoms with Gasteiger partial charge in [0.2, 0.25) is 0 Å². The van der Waals surface area contributed by atoms with Crippen LogP contribution in [0.15, 0.2) is 0 Å². The first-order valence-electron chi connectivity index (χ1n) is 8.02. The van der Waals surface area contributed by atoms with E-state index >= 15 is 0 Å². The minimum absolute atomic E-state index is 0.154. The molecule has 0 aromatic heterocycles. The number of carboxylic acid groups (broad SMARTS) is 1. The van der Waals surface area contributed by atoms with Crippen molar-refractivity contribution in [2.24, 2.45) is 11.8 Å². The Hall–Kier alpha value is -1.26. The van der Waals surface area contributed by atoms with Crippen LogP contribution >= 0.6 is 0 Å². The lowest BCUT2D eigenvalue weighted by molar-refractivity contribution is -0.139. The lowest BCUT2D eigenvalue weighted by Crippen LogP contribution is -2.52. The summed E-state index contributed by atoms with van der Waals surface area (Å²) in [6.07, 6.45) is 2.19. The fraction of sp³-hybridized carbons (Fsp3) is 0.875. The summed E-state index contributed by atoms with van der Waals surface area (Å²) in [6, 6.07) is -0.923. The third-order valence-corrected chi connectivity index (χ3v) is 3.51. The Bertz CT molecular complexity index is 325. The second-order valence-corrected chi connectivity index (χ2v) is 6.49. The monoisotopic (exact) mass is 300 g/mol. The van der Waals surface area contributed by atoms with Crippen LogP contribution in [0.4, 0.5) is 4.79 Å². The number of urea groups is 1. The number of rotatable bonds is 9. The van der Waals surface area contributed by atoms with Crippen LogP contribution in [0.25, 0.3) is 0 Å². The quantitative estimate of drug-likeness (QED) is 0.686. The average molecular weight is 300 g/mol. The molecule has 1 atom stereocenters. The van der Waals surface area contributed by atoms with Gasteiger partial charge in [-0.25, -0.2) is 9.59 Å². The van der Waals surface area contributed by atoms with Crippen LogP contribution in [0.1, 0.15) is 60.8 Å². The van der Waals surface area contributed by atoms with Crippen LogP contribution in [0.2, 0.25) is 0 Å². The molecule has 0 aromatic carbocycles. The highest BCUT2D eigenvalue weighted by molar-refractivity contribution is 5.82. The van der Waals surface area contributed by atoms with Crippen LogP contribution < -0.4 is 5.32 Å². The number of hydrogen-bond acceptors (Lipinski definition) is 2. The molecule has 0 bridgehead atoms. The van der Waals surface area contributed by atoms with Crippen molar-refractivity contribution in [2.75, 3.05) is 6.54 Å². The fourth-order valence-corrected chi connectivity index (χ4v) is 2.45. The zero-order valence-corrected chi connectivity index (χ0v) is 14.3. The van der Waals surface area contributed by atoms with Gasteiger partial charge in [0.1, 0.15) is 6.04 Å². The third-order valence-electron chi connectivity index (χ3n) is 3.51. The van der Waals surface area contributed by atoms with Crippen molar-refractivity contribution < 1.29 is 14.7 Å². The van der Waals surface area contributed by atoms with Crippen molar-refractivity contribution in [3.8, 4) is 0 Å². The van der Waals surface area contributed by atoms with Crippen molar-refractivity contribution >= 4 is 12.0 Å². The Morgan fingerprint density at radius 3 is 1.90 bits per heavy atom. The fourth-order valence-electron chi connectivity index (χ4n) is 2.45. The second kappa shape index (κ2) is 9.64. The number of aliphatic carboxylic acids is 1. The molecule has 0 saturated carbocycles. The van der Waals surface area contributed by atoms with E-state index in [1.165, 1.54) is 0 Å². The summed E-state index contributed by atoms with van der Waals surface area (Å²) in [5, 5.41) is 11.9. The van der Waals surface area contributed by atoms with Crippen LogP contribution in [0.3, 0.4) is 0 Å². The number of amides is 2.